The van der Waals surface area contributed by atoms with E-state index in [1.54, 1.807) is 4.68 Å². The lowest BCUT2D eigenvalue weighted by Gasteiger charge is -2.16. The molecule has 1 aromatic heterocycles. The molecule has 128 valence electrons. The van der Waals surface area contributed by atoms with Crippen LogP contribution in [0.2, 0.25) is 0 Å². The minimum atomic E-state index is -0.156. The van der Waals surface area contributed by atoms with E-state index < -0.39 is 0 Å². The topological polar surface area (TPSA) is 68.2 Å². The van der Waals surface area contributed by atoms with Gasteiger partial charge in [-0.05, 0) is 38.3 Å². The monoisotopic (exact) mass is 328 g/mol. The van der Waals surface area contributed by atoms with Crippen LogP contribution in [-0.4, -0.2) is 28.3 Å². The molecule has 0 aliphatic carbocycles. The molecule has 1 saturated heterocycles. The first-order valence-electron chi connectivity index (χ1n) is 8.41. The van der Waals surface area contributed by atoms with E-state index in [-0.39, 0.29) is 11.9 Å². The van der Waals surface area contributed by atoms with Gasteiger partial charge >= 0.3 is 0 Å². The third kappa shape index (κ3) is 3.76. The Bertz CT molecular complexity index is 697. The van der Waals surface area contributed by atoms with E-state index in [0.29, 0.717) is 12.4 Å². The lowest BCUT2D eigenvalue weighted by atomic mass is 10.1. The molecule has 0 unspecified atom stereocenters. The van der Waals surface area contributed by atoms with E-state index in [2.05, 4.69) is 15.7 Å². The number of carbonyl (C=O) groups excluding carboxylic acids is 1. The van der Waals surface area contributed by atoms with E-state index in [1.165, 1.54) is 0 Å². The van der Waals surface area contributed by atoms with Gasteiger partial charge in [0.15, 0.2) is 0 Å². The predicted molar refractivity (Wildman–Crippen MR) is 91.9 cm³/mol. The molecule has 6 nitrogen and oxygen atoms in total. The standard InChI is InChI=1S/C18H24N4O2/c1-13-15(12-20-16-10-6-7-11-19-17(16)23)18(22(2)21-13)24-14-8-4-3-5-9-14/h3-5,8-9,16,20H,6-7,10-12H2,1-2H3,(H,19,23)/t16-/m0/s1. The molecule has 3 rings (SSSR count). The highest BCUT2D eigenvalue weighted by Gasteiger charge is 2.22. The molecule has 2 heterocycles. The highest BCUT2D eigenvalue weighted by Crippen LogP contribution is 2.27. The Morgan fingerprint density at radius 1 is 1.33 bits per heavy atom. The largest absolute Gasteiger partial charge is 0.439 e. The summed E-state index contributed by atoms with van der Waals surface area (Å²) in [5, 5.41) is 10.8. The molecule has 0 spiro atoms. The number of para-hydroxylation sites is 1. The van der Waals surface area contributed by atoms with Gasteiger partial charge in [0.05, 0.1) is 17.3 Å². The second-order valence-corrected chi connectivity index (χ2v) is 6.13. The smallest absolute Gasteiger partial charge is 0.237 e. The molecule has 0 radical (unpaired) electrons. The number of hydrogen-bond acceptors (Lipinski definition) is 4. The second kappa shape index (κ2) is 7.49. The van der Waals surface area contributed by atoms with Gasteiger partial charge in [-0.2, -0.15) is 5.10 Å². The van der Waals surface area contributed by atoms with Crippen LogP contribution in [0.25, 0.3) is 0 Å². The van der Waals surface area contributed by atoms with Gasteiger partial charge in [0.1, 0.15) is 5.75 Å². The van der Waals surface area contributed by atoms with Crippen molar-refractivity contribution in [3.8, 4) is 11.6 Å². The van der Waals surface area contributed by atoms with Crippen molar-refractivity contribution < 1.29 is 9.53 Å². The molecule has 2 N–H and O–H groups in total. The van der Waals surface area contributed by atoms with Crippen molar-refractivity contribution in [3.63, 3.8) is 0 Å². The summed E-state index contributed by atoms with van der Waals surface area (Å²) < 4.78 is 7.76. The Hall–Kier alpha value is -2.34. The summed E-state index contributed by atoms with van der Waals surface area (Å²) in [6.07, 6.45) is 2.95. The fourth-order valence-electron chi connectivity index (χ4n) is 2.97. The van der Waals surface area contributed by atoms with Crippen LogP contribution in [0.4, 0.5) is 0 Å². The fourth-order valence-corrected chi connectivity index (χ4v) is 2.97. The quantitative estimate of drug-likeness (QED) is 0.883. The van der Waals surface area contributed by atoms with Gasteiger partial charge in [-0.15, -0.1) is 0 Å². The summed E-state index contributed by atoms with van der Waals surface area (Å²) in [4.78, 5) is 12.1. The van der Waals surface area contributed by atoms with E-state index >= 15 is 0 Å². The van der Waals surface area contributed by atoms with Crippen molar-refractivity contribution in [2.24, 2.45) is 7.05 Å². The van der Waals surface area contributed by atoms with Crippen molar-refractivity contribution in [1.29, 1.82) is 0 Å². The Labute approximate surface area is 142 Å². The highest BCUT2D eigenvalue weighted by molar-refractivity contribution is 5.81. The predicted octanol–water partition coefficient (Wildman–Crippen LogP) is 2.28. The molecule has 1 aliphatic heterocycles. The molecule has 1 atom stereocenters. The molecule has 1 amide bonds. The zero-order chi connectivity index (χ0) is 16.9. The summed E-state index contributed by atoms with van der Waals surface area (Å²) in [6, 6.07) is 9.50. The number of amides is 1. The molecule has 0 saturated carbocycles. The average molecular weight is 328 g/mol. The number of carbonyl (C=O) groups is 1. The number of nitrogens with one attached hydrogen (secondary N) is 2. The summed E-state index contributed by atoms with van der Waals surface area (Å²) in [7, 11) is 1.87. The van der Waals surface area contributed by atoms with Gasteiger partial charge in [0, 0.05) is 20.1 Å². The molecule has 24 heavy (non-hydrogen) atoms. The van der Waals surface area contributed by atoms with Crippen LogP contribution in [0.1, 0.15) is 30.5 Å². The second-order valence-electron chi connectivity index (χ2n) is 6.13. The first kappa shape index (κ1) is 16.5. The zero-order valence-corrected chi connectivity index (χ0v) is 14.2. The number of nitrogens with zero attached hydrogens (tertiary/aromatic N) is 2. The van der Waals surface area contributed by atoms with Crippen molar-refractivity contribution in [2.75, 3.05) is 6.54 Å². The van der Waals surface area contributed by atoms with Crippen LogP contribution in [0, 0.1) is 6.92 Å². The van der Waals surface area contributed by atoms with Crippen molar-refractivity contribution in [1.82, 2.24) is 20.4 Å². The van der Waals surface area contributed by atoms with Crippen LogP contribution < -0.4 is 15.4 Å². The molecule has 1 fully saturated rings. The number of rotatable bonds is 5. The molecule has 6 heteroatoms. The van der Waals surface area contributed by atoms with E-state index in [9.17, 15) is 4.79 Å². The van der Waals surface area contributed by atoms with Gasteiger partial charge < -0.3 is 15.4 Å². The Morgan fingerprint density at radius 3 is 2.92 bits per heavy atom. The fraction of sp³-hybridized carbons (Fsp3) is 0.444. The molecular weight excluding hydrogens is 304 g/mol. The Morgan fingerprint density at radius 2 is 2.12 bits per heavy atom. The van der Waals surface area contributed by atoms with E-state index in [4.69, 9.17) is 4.74 Å². The average Bonchev–Trinajstić information content (AvgIpc) is 2.73. The Kier molecular flexibility index (Phi) is 5.15. The maximum absolute atomic E-state index is 12.1. The van der Waals surface area contributed by atoms with Crippen molar-refractivity contribution in [2.45, 2.75) is 38.8 Å². The highest BCUT2D eigenvalue weighted by atomic mass is 16.5. The van der Waals surface area contributed by atoms with E-state index in [0.717, 1.165) is 42.8 Å². The minimum Gasteiger partial charge on any atom is -0.439 e. The maximum Gasteiger partial charge on any atom is 0.237 e. The zero-order valence-electron chi connectivity index (χ0n) is 14.2. The number of ether oxygens (including phenoxy) is 1. The number of aryl methyl sites for hydroxylation is 2. The minimum absolute atomic E-state index is 0.0829. The van der Waals surface area contributed by atoms with Gasteiger partial charge in [-0.3, -0.25) is 4.79 Å². The third-order valence-corrected chi connectivity index (χ3v) is 4.31. The first-order chi connectivity index (χ1) is 11.6. The van der Waals surface area contributed by atoms with Crippen molar-refractivity contribution in [3.05, 3.63) is 41.6 Å². The molecule has 0 bridgehead atoms. The Balaban J connectivity index is 1.74. The van der Waals surface area contributed by atoms with Crippen molar-refractivity contribution >= 4 is 5.91 Å². The number of benzene rings is 1. The van der Waals surface area contributed by atoms with Crippen LogP contribution in [0.15, 0.2) is 30.3 Å². The summed E-state index contributed by atoms with van der Waals surface area (Å²) in [6.45, 7) is 3.28. The molecule has 1 aliphatic rings. The SMILES string of the molecule is Cc1nn(C)c(Oc2ccccc2)c1CN[C@H]1CCCCNC1=O. The molecule has 1 aromatic carbocycles. The van der Waals surface area contributed by atoms with Gasteiger partial charge in [0.2, 0.25) is 11.8 Å². The summed E-state index contributed by atoms with van der Waals surface area (Å²) >= 11 is 0. The normalized spacial score (nSPS) is 18.1. The van der Waals surface area contributed by atoms with Gasteiger partial charge in [0.25, 0.3) is 0 Å². The molecule has 2 aromatic rings. The van der Waals surface area contributed by atoms with Crippen LogP contribution in [0.3, 0.4) is 0 Å². The van der Waals surface area contributed by atoms with Crippen LogP contribution in [0.5, 0.6) is 11.6 Å². The first-order valence-corrected chi connectivity index (χ1v) is 8.41. The van der Waals surface area contributed by atoms with Gasteiger partial charge in [-0.1, -0.05) is 18.2 Å². The van der Waals surface area contributed by atoms with Gasteiger partial charge in [-0.25, -0.2) is 4.68 Å². The number of hydrogen-bond donors (Lipinski definition) is 2. The number of aromatic nitrogens is 2. The van der Waals surface area contributed by atoms with Crippen LogP contribution >= 0.6 is 0 Å². The van der Waals surface area contributed by atoms with Crippen LogP contribution in [-0.2, 0) is 18.4 Å². The molecular formula is C18H24N4O2. The maximum atomic E-state index is 12.1. The lowest BCUT2D eigenvalue weighted by molar-refractivity contribution is -0.122. The third-order valence-electron chi connectivity index (χ3n) is 4.31. The van der Waals surface area contributed by atoms with E-state index in [1.807, 2.05) is 44.3 Å². The summed E-state index contributed by atoms with van der Waals surface area (Å²) in [5.41, 5.74) is 1.89. The summed E-state index contributed by atoms with van der Waals surface area (Å²) in [5.74, 6) is 1.56. The lowest BCUT2D eigenvalue weighted by Crippen LogP contribution is -2.42.